The van der Waals surface area contributed by atoms with E-state index in [0.29, 0.717) is 23.2 Å². The predicted octanol–water partition coefficient (Wildman–Crippen LogP) is 6.35. The number of halogens is 5. The van der Waals surface area contributed by atoms with Crippen molar-refractivity contribution in [3.63, 3.8) is 0 Å². The van der Waals surface area contributed by atoms with Crippen LogP contribution in [0.4, 0.5) is 22.0 Å². The van der Waals surface area contributed by atoms with Gasteiger partial charge in [-0.15, -0.1) is 0 Å². The number of rotatable bonds is 3. The zero-order chi connectivity index (χ0) is 24.7. The van der Waals surface area contributed by atoms with E-state index < -0.39 is 29.3 Å². The molecule has 5 rings (SSSR count). The lowest BCUT2D eigenvalue weighted by Crippen LogP contribution is -2.21. The molecular weight excluding hydrogens is 465 g/mol. The highest BCUT2D eigenvalue weighted by Gasteiger charge is 2.30. The second-order valence-corrected chi connectivity index (χ2v) is 8.31. The molecule has 2 aliphatic rings. The third kappa shape index (κ3) is 4.45. The van der Waals surface area contributed by atoms with E-state index in [2.05, 4.69) is 10.1 Å². The Morgan fingerprint density at radius 1 is 1.03 bits per heavy atom. The van der Waals surface area contributed by atoms with E-state index in [4.69, 9.17) is 0 Å². The highest BCUT2D eigenvalue weighted by Crippen LogP contribution is 2.37. The summed E-state index contributed by atoms with van der Waals surface area (Å²) in [6, 6.07) is 6.99. The van der Waals surface area contributed by atoms with Crippen LogP contribution in [0.3, 0.4) is 0 Å². The topological polar surface area (TPSA) is 47.3 Å². The summed E-state index contributed by atoms with van der Waals surface area (Å²) in [6.45, 7) is 0. The summed E-state index contributed by atoms with van der Waals surface area (Å²) in [7, 11) is 0. The van der Waals surface area contributed by atoms with Gasteiger partial charge in [-0.25, -0.2) is 13.8 Å². The molecule has 178 valence electrons. The van der Waals surface area contributed by atoms with Crippen molar-refractivity contribution in [1.82, 2.24) is 14.6 Å². The second kappa shape index (κ2) is 8.72. The van der Waals surface area contributed by atoms with Crippen LogP contribution in [0.2, 0.25) is 0 Å². The van der Waals surface area contributed by atoms with Crippen molar-refractivity contribution in [2.75, 3.05) is 0 Å². The molecule has 2 atom stereocenters. The van der Waals surface area contributed by atoms with Crippen LogP contribution in [0.1, 0.15) is 35.6 Å². The Morgan fingerprint density at radius 2 is 1.80 bits per heavy atom. The molecule has 2 heterocycles. The molecule has 4 nitrogen and oxygen atoms in total. The molecule has 0 aliphatic heterocycles. The fourth-order valence-corrected chi connectivity index (χ4v) is 4.19. The van der Waals surface area contributed by atoms with Gasteiger partial charge in [-0.2, -0.15) is 22.8 Å². The number of allylic oxidation sites excluding steroid dienone is 8. The van der Waals surface area contributed by atoms with Crippen LogP contribution in [0.5, 0.6) is 0 Å². The van der Waals surface area contributed by atoms with Crippen molar-refractivity contribution < 1.29 is 22.0 Å². The van der Waals surface area contributed by atoms with E-state index in [-0.39, 0.29) is 29.3 Å². The lowest BCUT2D eigenvalue weighted by atomic mass is 9.89. The molecule has 9 heteroatoms. The van der Waals surface area contributed by atoms with E-state index in [9.17, 15) is 26.7 Å². The van der Waals surface area contributed by atoms with Crippen molar-refractivity contribution in [1.29, 1.82) is 0 Å². The van der Waals surface area contributed by atoms with Gasteiger partial charge in [-0.3, -0.25) is 4.79 Å². The third-order valence-electron chi connectivity index (χ3n) is 5.94. The van der Waals surface area contributed by atoms with E-state index in [0.717, 1.165) is 22.7 Å². The average molecular weight is 483 g/mol. The fourth-order valence-electron chi connectivity index (χ4n) is 4.19. The van der Waals surface area contributed by atoms with Gasteiger partial charge in [0.05, 0.1) is 17.0 Å². The molecule has 3 aromatic rings. The van der Waals surface area contributed by atoms with Crippen LogP contribution in [0, 0.1) is 0 Å². The summed E-state index contributed by atoms with van der Waals surface area (Å²) < 4.78 is 68.3. The summed E-state index contributed by atoms with van der Waals surface area (Å²) >= 11 is 0. The Kier molecular flexibility index (Phi) is 5.70. The smallest absolute Gasteiger partial charge is 0.267 e. The van der Waals surface area contributed by atoms with E-state index in [1.165, 1.54) is 30.3 Å². The number of benzene rings is 1. The van der Waals surface area contributed by atoms with Crippen molar-refractivity contribution in [3.05, 3.63) is 106 Å². The summed E-state index contributed by atoms with van der Waals surface area (Å²) in [5.41, 5.74) is 0.195. The summed E-state index contributed by atoms with van der Waals surface area (Å²) in [4.78, 5) is 17.4. The molecule has 1 aromatic carbocycles. The van der Waals surface area contributed by atoms with Crippen molar-refractivity contribution in [2.24, 2.45) is 0 Å². The number of hydrogen-bond donors (Lipinski definition) is 0. The molecule has 2 aliphatic carbocycles. The maximum atomic E-state index is 14.8. The number of aromatic nitrogens is 3. The average Bonchev–Trinajstić information content (AvgIpc) is 2.83. The van der Waals surface area contributed by atoms with Gasteiger partial charge in [0.2, 0.25) is 0 Å². The molecule has 0 radical (unpaired) electrons. The van der Waals surface area contributed by atoms with E-state index in [1.54, 1.807) is 0 Å². The van der Waals surface area contributed by atoms with E-state index >= 15 is 0 Å². The van der Waals surface area contributed by atoms with Crippen molar-refractivity contribution >= 4 is 11.2 Å². The SMILES string of the molecule is O=c1cc(-c2ccc(C(F)(F)F)cc2)nc2cc(C3=CCC(F)C=C3F)c(C3C=CC=CC3)nn12. The molecule has 2 aromatic heterocycles. The molecule has 0 N–H and O–H groups in total. The molecule has 0 saturated heterocycles. The molecule has 0 bridgehead atoms. The minimum Gasteiger partial charge on any atom is -0.267 e. The maximum Gasteiger partial charge on any atom is 0.416 e. The largest absolute Gasteiger partial charge is 0.416 e. The zero-order valence-corrected chi connectivity index (χ0v) is 18.1. The molecule has 0 amide bonds. The van der Waals surface area contributed by atoms with Gasteiger partial charge in [0.25, 0.3) is 5.56 Å². The van der Waals surface area contributed by atoms with Crippen molar-refractivity contribution in [2.45, 2.75) is 31.1 Å². The minimum atomic E-state index is -4.49. The van der Waals surface area contributed by atoms with Gasteiger partial charge in [0, 0.05) is 35.1 Å². The molecule has 0 fully saturated rings. The van der Waals surface area contributed by atoms with Crippen LogP contribution in [-0.2, 0) is 6.18 Å². The Hall–Kier alpha value is -3.88. The Morgan fingerprint density at radius 3 is 2.46 bits per heavy atom. The second-order valence-electron chi connectivity index (χ2n) is 8.31. The number of hydrogen-bond acceptors (Lipinski definition) is 3. The lowest BCUT2D eigenvalue weighted by Gasteiger charge is -2.20. The molecule has 2 unspecified atom stereocenters. The molecule has 0 saturated carbocycles. The summed E-state index contributed by atoms with van der Waals surface area (Å²) in [5.74, 6) is -0.967. The Bertz CT molecular complexity index is 1480. The first-order valence-corrected chi connectivity index (χ1v) is 10.9. The molecule has 0 spiro atoms. The lowest BCUT2D eigenvalue weighted by molar-refractivity contribution is -0.137. The van der Waals surface area contributed by atoms with Crippen molar-refractivity contribution in [3.8, 4) is 11.3 Å². The quantitative estimate of drug-likeness (QED) is 0.408. The normalized spacial score (nSPS) is 20.1. The van der Waals surface area contributed by atoms with Crippen LogP contribution < -0.4 is 5.56 Å². The highest BCUT2D eigenvalue weighted by molar-refractivity contribution is 5.81. The van der Waals surface area contributed by atoms with Gasteiger partial charge in [0.1, 0.15) is 12.0 Å². The summed E-state index contributed by atoms with van der Waals surface area (Å²) in [6.07, 6.45) is 4.53. The Labute approximate surface area is 196 Å². The van der Waals surface area contributed by atoms with Gasteiger partial charge < -0.3 is 0 Å². The van der Waals surface area contributed by atoms with Gasteiger partial charge in [0.15, 0.2) is 5.65 Å². The third-order valence-corrected chi connectivity index (χ3v) is 5.94. The first kappa shape index (κ1) is 22.9. The number of fused-ring (bicyclic) bond motifs is 1. The fraction of sp³-hybridized carbons (Fsp3) is 0.192. The van der Waals surface area contributed by atoms with Crippen LogP contribution in [-0.4, -0.2) is 20.8 Å². The van der Waals surface area contributed by atoms with Crippen LogP contribution >= 0.6 is 0 Å². The minimum absolute atomic E-state index is 0.000387. The highest BCUT2D eigenvalue weighted by atomic mass is 19.4. The first-order valence-electron chi connectivity index (χ1n) is 10.9. The van der Waals surface area contributed by atoms with Crippen LogP contribution in [0.25, 0.3) is 22.5 Å². The van der Waals surface area contributed by atoms with E-state index in [1.807, 2.05) is 24.3 Å². The van der Waals surface area contributed by atoms with Gasteiger partial charge in [-0.05, 0) is 30.7 Å². The zero-order valence-electron chi connectivity index (χ0n) is 18.1. The number of nitrogens with zero attached hydrogens (tertiary/aromatic N) is 3. The van der Waals surface area contributed by atoms with Gasteiger partial charge in [-0.1, -0.05) is 42.5 Å². The Balaban J connectivity index is 1.67. The standard InChI is InChI=1S/C26H18F5N3O/c27-18-10-11-19(21(28)12-18)20-13-23-32-22(15-6-8-17(9-7-15)26(29,30)31)14-24(35)34(23)33-25(20)16-4-2-1-3-5-16/h1-4,6-9,11-14,16,18H,5,10H2. The maximum absolute atomic E-state index is 14.8. The monoisotopic (exact) mass is 483 g/mol. The first-order chi connectivity index (χ1) is 16.7. The molecule has 35 heavy (non-hydrogen) atoms. The molecular formula is C26H18F5N3O. The van der Waals surface area contributed by atoms with Gasteiger partial charge >= 0.3 is 6.18 Å². The predicted molar refractivity (Wildman–Crippen MR) is 122 cm³/mol. The summed E-state index contributed by atoms with van der Waals surface area (Å²) in [5, 5.41) is 4.49. The number of alkyl halides is 4. The van der Waals surface area contributed by atoms with Crippen LogP contribution in [0.15, 0.2) is 83.5 Å².